The Morgan fingerprint density at radius 2 is 2.12 bits per heavy atom. The smallest absolute Gasteiger partial charge is 0.161 e. The lowest BCUT2D eigenvalue weighted by Crippen LogP contribution is -2.18. The van der Waals surface area contributed by atoms with Gasteiger partial charge in [0.05, 0.1) is 7.11 Å². The van der Waals surface area contributed by atoms with Gasteiger partial charge in [0.25, 0.3) is 0 Å². The van der Waals surface area contributed by atoms with E-state index in [2.05, 4.69) is 20.9 Å². The number of hydrogen-bond acceptors (Lipinski definition) is 4. The molecular formula is C12H14BrNO3. The average molecular weight is 300 g/mol. The van der Waals surface area contributed by atoms with Gasteiger partial charge in [-0.3, -0.25) is 4.99 Å². The van der Waals surface area contributed by atoms with Crippen molar-refractivity contribution in [1.29, 1.82) is 0 Å². The van der Waals surface area contributed by atoms with Gasteiger partial charge in [-0.15, -0.1) is 0 Å². The molecule has 0 atom stereocenters. The third-order valence-electron chi connectivity index (χ3n) is 2.12. The number of halogens is 1. The highest BCUT2D eigenvalue weighted by molar-refractivity contribution is 9.10. The fraction of sp³-hybridized carbons (Fsp3) is 0.333. The van der Waals surface area contributed by atoms with E-state index in [-0.39, 0.29) is 5.75 Å². The lowest BCUT2D eigenvalue weighted by molar-refractivity contribution is -0.111. The molecule has 92 valence electrons. The Morgan fingerprint density at radius 1 is 1.47 bits per heavy atom. The van der Waals surface area contributed by atoms with Crippen molar-refractivity contribution in [3.63, 3.8) is 0 Å². The maximum Gasteiger partial charge on any atom is 0.161 e. The molecule has 1 N–H and O–H groups in total. The first-order valence-corrected chi connectivity index (χ1v) is 5.77. The number of aldehydes is 1. The molecule has 0 fully saturated rings. The van der Waals surface area contributed by atoms with Gasteiger partial charge in [-0.05, 0) is 41.9 Å². The Morgan fingerprint density at radius 3 is 2.65 bits per heavy atom. The molecule has 1 aromatic rings. The molecule has 0 spiro atoms. The van der Waals surface area contributed by atoms with Gasteiger partial charge in [0, 0.05) is 16.3 Å². The first-order valence-electron chi connectivity index (χ1n) is 4.97. The van der Waals surface area contributed by atoms with Crippen LogP contribution < -0.4 is 4.74 Å². The van der Waals surface area contributed by atoms with Crippen molar-refractivity contribution in [2.45, 2.75) is 19.4 Å². The highest BCUT2D eigenvalue weighted by atomic mass is 79.9. The van der Waals surface area contributed by atoms with Crippen molar-refractivity contribution in [1.82, 2.24) is 0 Å². The molecule has 17 heavy (non-hydrogen) atoms. The summed E-state index contributed by atoms with van der Waals surface area (Å²) in [6, 6.07) is 3.16. The zero-order valence-corrected chi connectivity index (χ0v) is 11.5. The standard InChI is InChI=1S/C12H14BrNO3/c1-12(2,7-15)14-6-8-4-10(16)11(17-3)5-9(8)13/h4-7,16H,1-3H3/b14-6-. The quantitative estimate of drug-likeness (QED) is 0.686. The summed E-state index contributed by atoms with van der Waals surface area (Å²) in [6.07, 6.45) is 2.30. The second-order valence-electron chi connectivity index (χ2n) is 4.08. The van der Waals surface area contributed by atoms with E-state index in [0.29, 0.717) is 11.3 Å². The van der Waals surface area contributed by atoms with Gasteiger partial charge in [-0.25, -0.2) is 0 Å². The van der Waals surface area contributed by atoms with Crippen LogP contribution in [0.15, 0.2) is 21.6 Å². The first kappa shape index (κ1) is 13.7. The summed E-state index contributed by atoms with van der Waals surface area (Å²) in [7, 11) is 1.48. The van der Waals surface area contributed by atoms with Crippen LogP contribution in [-0.2, 0) is 4.79 Å². The molecule has 0 aliphatic carbocycles. The molecule has 0 aromatic heterocycles. The van der Waals surface area contributed by atoms with Crippen molar-refractivity contribution >= 4 is 28.4 Å². The predicted octanol–water partition coefficient (Wildman–Crippen LogP) is 2.56. The summed E-state index contributed by atoms with van der Waals surface area (Å²) in [5.74, 6) is 0.407. The molecule has 0 saturated heterocycles. The molecule has 1 aromatic carbocycles. The summed E-state index contributed by atoms with van der Waals surface area (Å²) in [5, 5.41) is 9.63. The fourth-order valence-corrected chi connectivity index (χ4v) is 1.51. The number of rotatable bonds is 4. The van der Waals surface area contributed by atoms with E-state index in [1.54, 1.807) is 19.9 Å². The average Bonchev–Trinajstić information content (AvgIpc) is 2.29. The third kappa shape index (κ3) is 3.56. The van der Waals surface area contributed by atoms with Crippen LogP contribution >= 0.6 is 15.9 Å². The molecule has 0 saturated carbocycles. The second-order valence-corrected chi connectivity index (χ2v) is 4.93. The van der Waals surface area contributed by atoms with Crippen LogP contribution in [0.3, 0.4) is 0 Å². The van der Waals surface area contributed by atoms with Crippen molar-refractivity contribution in [2.75, 3.05) is 7.11 Å². The van der Waals surface area contributed by atoms with E-state index in [0.717, 1.165) is 10.8 Å². The molecule has 0 heterocycles. The number of ether oxygens (including phenoxy) is 1. The number of aromatic hydroxyl groups is 1. The van der Waals surface area contributed by atoms with Gasteiger partial charge in [0.15, 0.2) is 11.5 Å². The van der Waals surface area contributed by atoms with Gasteiger partial charge >= 0.3 is 0 Å². The Labute approximate surface area is 108 Å². The number of phenols is 1. The Hall–Kier alpha value is -1.36. The number of carbonyl (C=O) groups is 1. The van der Waals surface area contributed by atoms with Crippen molar-refractivity contribution in [2.24, 2.45) is 4.99 Å². The van der Waals surface area contributed by atoms with Crippen molar-refractivity contribution in [3.05, 3.63) is 22.2 Å². The molecule has 0 unspecified atom stereocenters. The van der Waals surface area contributed by atoms with Crippen LogP contribution in [0.25, 0.3) is 0 Å². The maximum atomic E-state index is 10.7. The Kier molecular flexibility index (Phi) is 4.28. The predicted molar refractivity (Wildman–Crippen MR) is 70.1 cm³/mol. The number of carbonyl (C=O) groups excluding carboxylic acids is 1. The minimum atomic E-state index is -0.769. The maximum absolute atomic E-state index is 10.7. The van der Waals surface area contributed by atoms with Gasteiger partial charge in [0.1, 0.15) is 11.8 Å². The highest BCUT2D eigenvalue weighted by Crippen LogP contribution is 2.31. The number of hydrogen-bond donors (Lipinski definition) is 1. The Bertz CT molecular complexity index is 455. The van der Waals surface area contributed by atoms with E-state index >= 15 is 0 Å². The van der Waals surface area contributed by atoms with Crippen molar-refractivity contribution in [3.8, 4) is 11.5 Å². The first-order chi connectivity index (χ1) is 7.89. The van der Waals surface area contributed by atoms with E-state index < -0.39 is 5.54 Å². The van der Waals surface area contributed by atoms with Crippen LogP contribution in [0.1, 0.15) is 19.4 Å². The molecule has 0 amide bonds. The topological polar surface area (TPSA) is 58.9 Å². The lowest BCUT2D eigenvalue weighted by atomic mass is 10.1. The molecule has 0 bridgehead atoms. The molecule has 0 aliphatic heterocycles. The largest absolute Gasteiger partial charge is 0.504 e. The van der Waals surface area contributed by atoms with Crippen LogP contribution in [0.2, 0.25) is 0 Å². The SMILES string of the molecule is COc1cc(Br)c(/C=N\C(C)(C)C=O)cc1O. The van der Waals surface area contributed by atoms with E-state index in [9.17, 15) is 9.90 Å². The number of methoxy groups -OCH3 is 1. The van der Waals surface area contributed by atoms with Gasteiger partial charge in [-0.2, -0.15) is 0 Å². The summed E-state index contributed by atoms with van der Waals surface area (Å²) in [6.45, 7) is 3.40. The van der Waals surface area contributed by atoms with Crippen molar-refractivity contribution < 1.29 is 14.6 Å². The third-order valence-corrected chi connectivity index (χ3v) is 2.81. The summed E-state index contributed by atoms with van der Waals surface area (Å²) >= 11 is 3.34. The highest BCUT2D eigenvalue weighted by Gasteiger charge is 2.13. The number of phenolic OH excluding ortho intramolecular Hbond substituents is 1. The normalized spacial score (nSPS) is 11.8. The van der Waals surface area contributed by atoms with E-state index in [1.165, 1.54) is 19.4 Å². The number of benzene rings is 1. The fourth-order valence-electron chi connectivity index (χ4n) is 1.09. The zero-order valence-electron chi connectivity index (χ0n) is 9.90. The number of nitrogens with zero attached hydrogens (tertiary/aromatic N) is 1. The molecule has 0 radical (unpaired) electrons. The Balaban J connectivity index is 3.08. The zero-order chi connectivity index (χ0) is 13.1. The molecule has 1 rings (SSSR count). The van der Waals surface area contributed by atoms with Crippen LogP contribution in [0, 0.1) is 0 Å². The summed E-state index contributed by atoms with van der Waals surface area (Å²) < 4.78 is 5.70. The monoisotopic (exact) mass is 299 g/mol. The molecule has 5 heteroatoms. The minimum Gasteiger partial charge on any atom is -0.504 e. The summed E-state index contributed by atoms with van der Waals surface area (Å²) in [4.78, 5) is 14.8. The van der Waals surface area contributed by atoms with Gasteiger partial charge < -0.3 is 14.6 Å². The van der Waals surface area contributed by atoms with Gasteiger partial charge in [-0.1, -0.05) is 0 Å². The van der Waals surface area contributed by atoms with E-state index in [4.69, 9.17) is 4.74 Å². The molecule has 0 aliphatic rings. The molecule has 4 nitrogen and oxygen atoms in total. The molecular weight excluding hydrogens is 286 g/mol. The van der Waals surface area contributed by atoms with Crippen LogP contribution in [0.4, 0.5) is 0 Å². The van der Waals surface area contributed by atoms with Crippen LogP contribution in [-0.4, -0.2) is 30.3 Å². The second kappa shape index (κ2) is 5.31. The summed E-state index contributed by atoms with van der Waals surface area (Å²) in [5.41, 5.74) is -0.0900. The number of aliphatic imine (C=N–C) groups is 1. The minimum absolute atomic E-state index is 0.0288. The van der Waals surface area contributed by atoms with Gasteiger partial charge in [0.2, 0.25) is 0 Å². The van der Waals surface area contributed by atoms with E-state index in [1.807, 2.05) is 0 Å². The van der Waals surface area contributed by atoms with Crippen LogP contribution in [0.5, 0.6) is 11.5 Å². The lowest BCUT2D eigenvalue weighted by Gasteiger charge is -2.10.